The van der Waals surface area contributed by atoms with Crippen LogP contribution in [0.15, 0.2) is 59.0 Å². The van der Waals surface area contributed by atoms with E-state index in [-0.39, 0.29) is 12.3 Å². The Labute approximate surface area is 181 Å². The lowest BCUT2D eigenvalue weighted by molar-refractivity contribution is -0.146. The van der Waals surface area contributed by atoms with Crippen molar-refractivity contribution in [2.75, 3.05) is 20.2 Å². The molecule has 7 heteroatoms. The molecular weight excluding hydrogens is 394 g/mol. The van der Waals surface area contributed by atoms with Crippen molar-refractivity contribution < 1.29 is 18.7 Å². The van der Waals surface area contributed by atoms with Crippen LogP contribution in [0, 0.1) is 6.92 Å². The van der Waals surface area contributed by atoms with E-state index in [4.69, 9.17) is 9.15 Å². The predicted molar refractivity (Wildman–Crippen MR) is 116 cm³/mol. The predicted octanol–water partition coefficient (Wildman–Crippen LogP) is 3.18. The number of aromatic nitrogens is 1. The molecule has 0 spiro atoms. The van der Waals surface area contributed by atoms with E-state index in [0.717, 1.165) is 22.4 Å². The zero-order chi connectivity index (χ0) is 21.8. The van der Waals surface area contributed by atoms with Crippen molar-refractivity contribution in [3.63, 3.8) is 0 Å². The molecule has 1 saturated heterocycles. The number of aryl methyl sites for hydroxylation is 1. The molecule has 2 aromatic carbocycles. The molecule has 1 aromatic heterocycles. The van der Waals surface area contributed by atoms with Crippen molar-refractivity contribution >= 4 is 11.9 Å². The molecule has 31 heavy (non-hydrogen) atoms. The van der Waals surface area contributed by atoms with Crippen molar-refractivity contribution in [3.05, 3.63) is 66.1 Å². The van der Waals surface area contributed by atoms with Gasteiger partial charge in [0.1, 0.15) is 11.8 Å². The maximum Gasteiger partial charge on any atom is 0.307 e. The van der Waals surface area contributed by atoms with Gasteiger partial charge in [-0.05, 0) is 30.2 Å². The van der Waals surface area contributed by atoms with Crippen molar-refractivity contribution in [3.8, 4) is 22.6 Å². The van der Waals surface area contributed by atoms with Gasteiger partial charge in [0, 0.05) is 25.2 Å². The van der Waals surface area contributed by atoms with Gasteiger partial charge < -0.3 is 14.5 Å². The number of esters is 1. The fourth-order valence-corrected chi connectivity index (χ4v) is 3.74. The van der Waals surface area contributed by atoms with E-state index in [0.29, 0.717) is 31.3 Å². The number of rotatable bonds is 6. The van der Waals surface area contributed by atoms with Gasteiger partial charge in [0.15, 0.2) is 0 Å². The molecule has 7 nitrogen and oxygen atoms in total. The minimum absolute atomic E-state index is 0.00698. The Bertz CT molecular complexity index is 1060. The van der Waals surface area contributed by atoms with Gasteiger partial charge >= 0.3 is 5.97 Å². The van der Waals surface area contributed by atoms with E-state index < -0.39 is 12.0 Å². The Hall–Kier alpha value is -3.45. The van der Waals surface area contributed by atoms with Crippen LogP contribution in [0.25, 0.3) is 22.6 Å². The Morgan fingerprint density at radius 3 is 2.52 bits per heavy atom. The summed E-state index contributed by atoms with van der Waals surface area (Å²) < 4.78 is 10.7. The van der Waals surface area contributed by atoms with Gasteiger partial charge in [-0.3, -0.25) is 14.5 Å². The van der Waals surface area contributed by atoms with E-state index in [1.165, 1.54) is 7.11 Å². The smallest absolute Gasteiger partial charge is 0.307 e. The topological polar surface area (TPSA) is 84.7 Å². The highest BCUT2D eigenvalue weighted by Gasteiger charge is 2.33. The van der Waals surface area contributed by atoms with Crippen LogP contribution in [0.1, 0.15) is 17.9 Å². The molecule has 0 unspecified atom stereocenters. The quantitative estimate of drug-likeness (QED) is 0.618. The van der Waals surface area contributed by atoms with Gasteiger partial charge in [-0.15, -0.1) is 0 Å². The summed E-state index contributed by atoms with van der Waals surface area (Å²) >= 11 is 0. The molecule has 4 rings (SSSR count). The fourth-order valence-electron chi connectivity index (χ4n) is 3.74. The average Bonchev–Trinajstić information content (AvgIpc) is 3.17. The summed E-state index contributed by atoms with van der Waals surface area (Å²) in [6.45, 7) is 3.44. The van der Waals surface area contributed by atoms with E-state index in [1.54, 1.807) is 0 Å². The molecule has 1 amide bonds. The third-order valence-electron chi connectivity index (χ3n) is 5.51. The summed E-state index contributed by atoms with van der Waals surface area (Å²) in [5, 5.41) is 2.81. The van der Waals surface area contributed by atoms with Crippen LogP contribution in [0.2, 0.25) is 0 Å². The highest BCUT2D eigenvalue weighted by Crippen LogP contribution is 2.27. The van der Waals surface area contributed by atoms with Crippen molar-refractivity contribution in [1.82, 2.24) is 15.2 Å². The van der Waals surface area contributed by atoms with Crippen molar-refractivity contribution in [2.45, 2.75) is 25.9 Å². The van der Waals surface area contributed by atoms with Gasteiger partial charge in [-0.1, -0.05) is 42.5 Å². The zero-order valence-corrected chi connectivity index (χ0v) is 17.6. The minimum Gasteiger partial charge on any atom is -0.469 e. The maximum atomic E-state index is 12.3. The summed E-state index contributed by atoms with van der Waals surface area (Å²) in [4.78, 5) is 30.7. The summed E-state index contributed by atoms with van der Waals surface area (Å²) in [5.74, 6) is 0.653. The molecular formula is C24H25N3O4. The third kappa shape index (κ3) is 4.67. The van der Waals surface area contributed by atoms with Crippen molar-refractivity contribution in [1.29, 1.82) is 0 Å². The molecule has 1 N–H and O–H groups in total. The van der Waals surface area contributed by atoms with Crippen LogP contribution in [0.3, 0.4) is 0 Å². The van der Waals surface area contributed by atoms with Crippen LogP contribution >= 0.6 is 0 Å². The Morgan fingerprint density at radius 1 is 1.13 bits per heavy atom. The number of carbonyl (C=O) groups excluding carboxylic acids is 2. The lowest BCUT2D eigenvalue weighted by Crippen LogP contribution is -2.55. The largest absolute Gasteiger partial charge is 0.469 e. The normalized spacial score (nSPS) is 16.7. The Morgan fingerprint density at radius 2 is 1.81 bits per heavy atom. The highest BCUT2D eigenvalue weighted by atomic mass is 16.5. The lowest BCUT2D eigenvalue weighted by Gasteiger charge is -2.33. The first-order chi connectivity index (χ1) is 15.0. The molecule has 1 fully saturated rings. The molecule has 0 bridgehead atoms. The average molecular weight is 419 g/mol. The number of hydrogen-bond acceptors (Lipinski definition) is 6. The zero-order valence-electron chi connectivity index (χ0n) is 17.6. The van der Waals surface area contributed by atoms with Gasteiger partial charge in [-0.25, -0.2) is 4.98 Å². The number of oxazole rings is 1. The van der Waals surface area contributed by atoms with Crippen LogP contribution in [-0.2, 0) is 20.9 Å². The lowest BCUT2D eigenvalue weighted by atomic mass is 10.0. The number of carbonyl (C=O) groups is 2. The Balaban J connectivity index is 1.52. The molecule has 0 radical (unpaired) electrons. The number of nitrogens with one attached hydrogen (secondary N) is 1. The summed E-state index contributed by atoms with van der Waals surface area (Å²) in [6.07, 6.45) is 0.00698. The second-order valence-corrected chi connectivity index (χ2v) is 7.52. The Kier molecular flexibility index (Phi) is 6.13. The van der Waals surface area contributed by atoms with Gasteiger partial charge in [0.05, 0.1) is 19.2 Å². The monoisotopic (exact) mass is 419 g/mol. The van der Waals surface area contributed by atoms with Crippen LogP contribution < -0.4 is 5.32 Å². The second kappa shape index (κ2) is 9.14. The SMILES string of the molecule is COC(=O)C[C@H]1C(=O)NCCN1Cc1nc(-c2ccc(-c3ccccc3)cc2)oc1C. The first-order valence-corrected chi connectivity index (χ1v) is 10.3. The standard InChI is InChI=1S/C24H25N3O4/c1-16-20(15-27-13-12-25-23(29)21(27)14-22(28)30-2)26-24(31-16)19-10-8-18(9-11-19)17-6-4-3-5-7-17/h3-11,21H,12-15H2,1-2H3,(H,25,29)/t21-/m0/s1. The van der Waals surface area contributed by atoms with Crippen molar-refractivity contribution in [2.24, 2.45) is 0 Å². The van der Waals surface area contributed by atoms with Crippen LogP contribution in [0.5, 0.6) is 0 Å². The number of methoxy groups -OCH3 is 1. The number of ether oxygens (including phenoxy) is 1. The first-order valence-electron chi connectivity index (χ1n) is 10.3. The van der Waals surface area contributed by atoms with E-state index in [1.807, 2.05) is 54.3 Å². The minimum atomic E-state index is -0.578. The van der Waals surface area contributed by atoms with Gasteiger partial charge in [0.2, 0.25) is 11.8 Å². The van der Waals surface area contributed by atoms with E-state index >= 15 is 0 Å². The first kappa shape index (κ1) is 20.8. The summed E-state index contributed by atoms with van der Waals surface area (Å²) in [7, 11) is 1.32. The van der Waals surface area contributed by atoms with Gasteiger partial charge in [-0.2, -0.15) is 0 Å². The maximum absolute atomic E-state index is 12.3. The molecule has 1 atom stereocenters. The number of amides is 1. The molecule has 2 heterocycles. The highest BCUT2D eigenvalue weighted by molar-refractivity contribution is 5.87. The molecule has 0 saturated carbocycles. The second-order valence-electron chi connectivity index (χ2n) is 7.52. The van der Waals surface area contributed by atoms with Crippen LogP contribution in [-0.4, -0.2) is 48.0 Å². The number of piperazine rings is 1. The summed E-state index contributed by atoms with van der Waals surface area (Å²) in [5.41, 5.74) is 3.92. The fraction of sp³-hybridized carbons (Fsp3) is 0.292. The molecule has 3 aromatic rings. The van der Waals surface area contributed by atoms with E-state index in [2.05, 4.69) is 22.4 Å². The van der Waals surface area contributed by atoms with Gasteiger partial charge in [0.25, 0.3) is 0 Å². The van der Waals surface area contributed by atoms with E-state index in [9.17, 15) is 9.59 Å². The number of nitrogens with zero attached hydrogens (tertiary/aromatic N) is 2. The molecule has 0 aliphatic carbocycles. The molecule has 160 valence electrons. The van der Waals surface area contributed by atoms with Crippen LogP contribution in [0.4, 0.5) is 0 Å². The third-order valence-corrected chi connectivity index (χ3v) is 5.51. The summed E-state index contributed by atoms with van der Waals surface area (Å²) in [6, 6.07) is 17.7. The molecule has 1 aliphatic heterocycles. The number of benzene rings is 2. The number of hydrogen-bond donors (Lipinski definition) is 1. The molecule has 1 aliphatic rings.